The van der Waals surface area contributed by atoms with E-state index in [-0.39, 0.29) is 11.8 Å². The molecule has 0 aromatic carbocycles. The number of ether oxygens (including phenoxy) is 1. The summed E-state index contributed by atoms with van der Waals surface area (Å²) in [5, 5.41) is 8.81. The highest BCUT2D eigenvalue weighted by molar-refractivity contribution is 7.19. The minimum absolute atomic E-state index is 0.0427. The molecule has 1 atom stereocenters. The summed E-state index contributed by atoms with van der Waals surface area (Å²) < 4.78 is 7.36. The number of rotatable bonds is 7. The van der Waals surface area contributed by atoms with Crippen LogP contribution in [0.5, 0.6) is 5.75 Å². The zero-order valence-corrected chi connectivity index (χ0v) is 20.0. The number of thiophene rings is 1. The van der Waals surface area contributed by atoms with Crippen LogP contribution >= 0.6 is 11.3 Å². The smallest absolute Gasteiger partial charge is 0.225 e. The van der Waals surface area contributed by atoms with Gasteiger partial charge in [0, 0.05) is 30.6 Å². The number of carbonyl (C=O) groups excluding carboxylic acids is 1. The number of hydrogen-bond donors (Lipinski definition) is 1. The van der Waals surface area contributed by atoms with Gasteiger partial charge < -0.3 is 15.0 Å². The quantitative estimate of drug-likeness (QED) is 0.435. The molecule has 0 radical (unpaired) electrons. The Morgan fingerprint density at radius 3 is 3.09 bits per heavy atom. The molecule has 5 rings (SSSR count). The number of fused-ring (bicyclic) bond motifs is 4. The first-order valence-electron chi connectivity index (χ1n) is 11.4. The summed E-state index contributed by atoms with van der Waals surface area (Å²) in [6.45, 7) is 2.98. The fourth-order valence-electron chi connectivity index (χ4n) is 4.57. The van der Waals surface area contributed by atoms with E-state index in [1.165, 1.54) is 10.4 Å². The highest BCUT2D eigenvalue weighted by Crippen LogP contribution is 2.41. The molecule has 4 aromatic rings. The summed E-state index contributed by atoms with van der Waals surface area (Å²) in [5.74, 6) is 1.75. The van der Waals surface area contributed by atoms with Crippen molar-refractivity contribution in [3.63, 3.8) is 0 Å². The third-order valence-corrected chi connectivity index (χ3v) is 7.55. The number of anilines is 2. The van der Waals surface area contributed by atoms with Gasteiger partial charge in [-0.25, -0.2) is 14.5 Å². The van der Waals surface area contributed by atoms with Gasteiger partial charge >= 0.3 is 0 Å². The fourth-order valence-corrected chi connectivity index (χ4v) is 5.83. The second-order valence-corrected chi connectivity index (χ2v) is 9.62. The van der Waals surface area contributed by atoms with Crippen LogP contribution in [-0.2, 0) is 17.6 Å². The predicted molar refractivity (Wildman–Crippen MR) is 131 cm³/mol. The Morgan fingerprint density at radius 1 is 1.39 bits per heavy atom. The molecule has 1 aliphatic carbocycles. The molecule has 9 heteroatoms. The van der Waals surface area contributed by atoms with Gasteiger partial charge in [-0.1, -0.05) is 13.3 Å². The molecule has 4 aromatic heterocycles. The van der Waals surface area contributed by atoms with E-state index >= 15 is 0 Å². The molecular weight excluding hydrogens is 436 g/mol. The van der Waals surface area contributed by atoms with Gasteiger partial charge in [0.25, 0.3) is 0 Å². The number of aryl methyl sites for hydroxylation is 1. The normalized spacial score (nSPS) is 15.5. The van der Waals surface area contributed by atoms with Crippen molar-refractivity contribution in [2.45, 2.75) is 39.0 Å². The van der Waals surface area contributed by atoms with E-state index in [0.717, 1.165) is 65.9 Å². The van der Waals surface area contributed by atoms with E-state index in [2.05, 4.69) is 27.3 Å². The van der Waals surface area contributed by atoms with Crippen LogP contribution in [-0.4, -0.2) is 51.1 Å². The van der Waals surface area contributed by atoms with Gasteiger partial charge in [0.15, 0.2) is 5.75 Å². The van der Waals surface area contributed by atoms with Crippen molar-refractivity contribution in [1.82, 2.24) is 24.5 Å². The lowest BCUT2D eigenvalue weighted by atomic mass is 9.87. The number of methoxy groups -OCH3 is 1. The van der Waals surface area contributed by atoms with Crippen LogP contribution < -0.4 is 10.1 Å². The molecule has 0 fully saturated rings. The highest BCUT2D eigenvalue weighted by atomic mass is 32.1. The second kappa shape index (κ2) is 8.97. The van der Waals surface area contributed by atoms with Crippen LogP contribution in [0.1, 0.15) is 36.6 Å². The fraction of sp³-hybridized carbons (Fsp3) is 0.417. The maximum atomic E-state index is 13.0. The Kier molecular flexibility index (Phi) is 5.88. The lowest BCUT2D eigenvalue weighted by molar-refractivity contribution is -0.134. The first-order valence-corrected chi connectivity index (χ1v) is 12.2. The molecule has 0 saturated heterocycles. The molecule has 8 nitrogen and oxygen atoms in total. The topological polar surface area (TPSA) is 84.7 Å². The van der Waals surface area contributed by atoms with E-state index in [9.17, 15) is 4.79 Å². The summed E-state index contributed by atoms with van der Waals surface area (Å²) in [6.07, 6.45) is 9.83. The van der Waals surface area contributed by atoms with Crippen molar-refractivity contribution in [3.8, 4) is 5.75 Å². The van der Waals surface area contributed by atoms with Crippen LogP contribution in [0.2, 0.25) is 0 Å². The Labute approximate surface area is 196 Å². The Bertz CT molecular complexity index is 1310. The van der Waals surface area contributed by atoms with Crippen molar-refractivity contribution in [2.24, 2.45) is 5.92 Å². The molecule has 33 heavy (non-hydrogen) atoms. The predicted octanol–water partition coefficient (Wildman–Crippen LogP) is 4.45. The number of aromatic nitrogens is 4. The molecule has 1 amide bonds. The van der Waals surface area contributed by atoms with E-state index < -0.39 is 0 Å². The van der Waals surface area contributed by atoms with Gasteiger partial charge in [0.05, 0.1) is 29.9 Å². The van der Waals surface area contributed by atoms with Crippen molar-refractivity contribution < 1.29 is 9.53 Å². The lowest BCUT2D eigenvalue weighted by Crippen LogP contribution is -2.36. The zero-order chi connectivity index (χ0) is 22.9. The maximum absolute atomic E-state index is 13.0. The summed E-state index contributed by atoms with van der Waals surface area (Å²) in [6, 6.07) is 3.95. The lowest BCUT2D eigenvalue weighted by Gasteiger charge is -2.26. The Balaban J connectivity index is 1.45. The van der Waals surface area contributed by atoms with Gasteiger partial charge in [-0.2, -0.15) is 5.10 Å². The van der Waals surface area contributed by atoms with E-state index in [1.807, 2.05) is 30.3 Å². The standard InChI is InChI=1S/C24H28N6O2S/c1-4-5-10-29(2)24(31)15-6-7-17-20(11-15)33-23-21(17)22(25-14-26-23)28-18-12-16-8-9-27-30(16)13-19(18)32-3/h8-9,12-15H,4-7,10-11H2,1-3H3,(H,25,26,28)/t15-/m0/s1. The monoisotopic (exact) mass is 464 g/mol. The van der Waals surface area contributed by atoms with E-state index in [1.54, 1.807) is 35.5 Å². The van der Waals surface area contributed by atoms with Gasteiger partial charge in [-0.3, -0.25) is 4.79 Å². The minimum Gasteiger partial charge on any atom is -0.493 e. The first-order chi connectivity index (χ1) is 16.1. The highest BCUT2D eigenvalue weighted by Gasteiger charge is 2.30. The van der Waals surface area contributed by atoms with Crippen molar-refractivity contribution in [1.29, 1.82) is 0 Å². The Hall–Kier alpha value is -3.20. The summed E-state index contributed by atoms with van der Waals surface area (Å²) >= 11 is 1.68. The molecule has 0 bridgehead atoms. The number of pyridine rings is 1. The average molecular weight is 465 g/mol. The third kappa shape index (κ3) is 4.01. The molecule has 1 N–H and O–H groups in total. The number of unbranched alkanes of at least 4 members (excludes halogenated alkanes) is 1. The van der Waals surface area contributed by atoms with E-state index in [0.29, 0.717) is 5.75 Å². The van der Waals surface area contributed by atoms with Crippen molar-refractivity contribution in [3.05, 3.63) is 41.3 Å². The number of nitrogens with zero attached hydrogens (tertiary/aromatic N) is 5. The third-order valence-electron chi connectivity index (χ3n) is 6.39. The largest absolute Gasteiger partial charge is 0.493 e. The number of nitrogens with one attached hydrogen (secondary N) is 1. The molecule has 1 aliphatic rings. The van der Waals surface area contributed by atoms with Gasteiger partial charge in [-0.15, -0.1) is 11.3 Å². The average Bonchev–Trinajstić information content (AvgIpc) is 3.45. The van der Waals surface area contributed by atoms with Crippen LogP contribution in [0.4, 0.5) is 11.5 Å². The van der Waals surface area contributed by atoms with Crippen molar-refractivity contribution >= 4 is 44.5 Å². The summed E-state index contributed by atoms with van der Waals surface area (Å²) in [4.78, 5) is 26.2. The first kappa shape index (κ1) is 21.6. The van der Waals surface area contributed by atoms with Crippen LogP contribution in [0, 0.1) is 5.92 Å². The minimum atomic E-state index is 0.0427. The van der Waals surface area contributed by atoms with Crippen LogP contribution in [0.3, 0.4) is 0 Å². The SMILES string of the molecule is CCCCN(C)C(=O)[C@H]1CCc2c(sc3ncnc(Nc4cc5ccnn5cc4OC)c23)C1. The van der Waals surface area contributed by atoms with Crippen LogP contribution in [0.15, 0.2) is 30.9 Å². The molecule has 0 saturated carbocycles. The molecule has 0 spiro atoms. The van der Waals surface area contributed by atoms with Crippen molar-refractivity contribution in [2.75, 3.05) is 26.0 Å². The number of hydrogen-bond acceptors (Lipinski definition) is 7. The molecule has 172 valence electrons. The number of amides is 1. The molecule has 0 aliphatic heterocycles. The van der Waals surface area contributed by atoms with Crippen LogP contribution in [0.25, 0.3) is 15.7 Å². The van der Waals surface area contributed by atoms with Gasteiger partial charge in [-0.05, 0) is 43.4 Å². The summed E-state index contributed by atoms with van der Waals surface area (Å²) in [5.41, 5.74) is 3.05. The summed E-state index contributed by atoms with van der Waals surface area (Å²) in [7, 11) is 3.57. The molecular formula is C24H28N6O2S. The second-order valence-electron chi connectivity index (χ2n) is 8.54. The zero-order valence-electron chi connectivity index (χ0n) is 19.2. The van der Waals surface area contributed by atoms with Gasteiger partial charge in [0.1, 0.15) is 17.0 Å². The molecule has 0 unspecified atom stereocenters. The molecule has 4 heterocycles. The number of carbonyl (C=O) groups is 1. The maximum Gasteiger partial charge on any atom is 0.225 e. The van der Waals surface area contributed by atoms with E-state index in [4.69, 9.17) is 4.74 Å². The van der Waals surface area contributed by atoms with Gasteiger partial charge in [0.2, 0.25) is 5.91 Å². The Morgan fingerprint density at radius 2 is 2.27 bits per heavy atom.